The Kier molecular flexibility index (Phi) is 3.01. The predicted molar refractivity (Wildman–Crippen MR) is 69.8 cm³/mol. The van der Waals surface area contributed by atoms with Crippen molar-refractivity contribution in [1.29, 1.82) is 0 Å². The van der Waals surface area contributed by atoms with Gasteiger partial charge in [-0.2, -0.15) is 5.10 Å². The van der Waals surface area contributed by atoms with Gasteiger partial charge in [0.05, 0.1) is 11.9 Å². The monoisotopic (exact) mass is 279 g/mol. The molecule has 16 heavy (non-hydrogen) atoms. The minimum absolute atomic E-state index is 0.385. The molecule has 0 aliphatic rings. The van der Waals surface area contributed by atoms with Crippen molar-refractivity contribution in [3.8, 4) is 5.69 Å². The highest BCUT2D eigenvalue weighted by molar-refractivity contribution is 9.10. The Balaban J connectivity index is 2.54. The maximum Gasteiger partial charge on any atom is 0.130 e. The Bertz CT molecular complexity index is 503. The molecule has 2 aromatic rings. The molecule has 0 saturated heterocycles. The van der Waals surface area contributed by atoms with Crippen molar-refractivity contribution >= 4 is 21.7 Å². The number of nitrogens with zero attached hydrogens (tertiary/aromatic N) is 2. The van der Waals surface area contributed by atoms with E-state index < -0.39 is 0 Å². The van der Waals surface area contributed by atoms with Gasteiger partial charge in [-0.15, -0.1) is 0 Å². The smallest absolute Gasteiger partial charge is 0.130 e. The number of nitrogens with two attached hydrogens (primary N) is 1. The van der Waals surface area contributed by atoms with E-state index in [0.29, 0.717) is 11.7 Å². The third-order valence-electron chi connectivity index (χ3n) is 2.54. The van der Waals surface area contributed by atoms with Crippen LogP contribution in [0.3, 0.4) is 0 Å². The van der Waals surface area contributed by atoms with Crippen molar-refractivity contribution in [2.24, 2.45) is 0 Å². The molecular formula is C12H14BrN3. The topological polar surface area (TPSA) is 43.8 Å². The third kappa shape index (κ3) is 1.85. The van der Waals surface area contributed by atoms with Gasteiger partial charge in [-0.3, -0.25) is 0 Å². The highest BCUT2D eigenvalue weighted by Crippen LogP contribution is 2.27. The van der Waals surface area contributed by atoms with Gasteiger partial charge in [0.1, 0.15) is 5.82 Å². The van der Waals surface area contributed by atoms with Crippen molar-refractivity contribution in [3.63, 3.8) is 0 Å². The number of anilines is 1. The largest absolute Gasteiger partial charge is 0.383 e. The maximum atomic E-state index is 6.08. The average molecular weight is 280 g/mol. The first-order valence-corrected chi connectivity index (χ1v) is 5.99. The second-order valence-corrected chi connectivity index (χ2v) is 4.86. The Morgan fingerprint density at radius 2 is 2.00 bits per heavy atom. The molecule has 0 unspecified atom stereocenters. The first kappa shape index (κ1) is 11.2. The van der Waals surface area contributed by atoms with E-state index in [0.717, 1.165) is 15.7 Å². The lowest BCUT2D eigenvalue weighted by atomic mass is 10.1. The molecule has 0 saturated carbocycles. The zero-order valence-corrected chi connectivity index (χ0v) is 10.9. The summed E-state index contributed by atoms with van der Waals surface area (Å²) in [4.78, 5) is 0. The van der Waals surface area contributed by atoms with E-state index in [2.05, 4.69) is 34.9 Å². The number of hydrogen-bond donors (Lipinski definition) is 1. The van der Waals surface area contributed by atoms with E-state index in [1.54, 1.807) is 4.68 Å². The van der Waals surface area contributed by atoms with E-state index in [9.17, 15) is 0 Å². The van der Waals surface area contributed by atoms with Crippen molar-refractivity contribution in [2.75, 3.05) is 5.73 Å². The summed E-state index contributed by atoms with van der Waals surface area (Å²) in [7, 11) is 0. The van der Waals surface area contributed by atoms with Gasteiger partial charge in [-0.25, -0.2) is 4.68 Å². The summed E-state index contributed by atoms with van der Waals surface area (Å²) in [5, 5.41) is 4.33. The van der Waals surface area contributed by atoms with Crippen LogP contribution in [0, 0.1) is 0 Å². The number of para-hydroxylation sites is 1. The SMILES string of the molecule is CC(C)c1cnn(-c2ccccc2Br)c1N. The van der Waals surface area contributed by atoms with E-state index >= 15 is 0 Å². The van der Waals surface area contributed by atoms with Crippen LogP contribution in [0.15, 0.2) is 34.9 Å². The zero-order chi connectivity index (χ0) is 11.7. The number of aromatic nitrogens is 2. The minimum Gasteiger partial charge on any atom is -0.383 e. The molecule has 1 aromatic carbocycles. The second kappa shape index (κ2) is 4.29. The first-order valence-electron chi connectivity index (χ1n) is 5.19. The molecule has 84 valence electrons. The molecule has 1 heterocycles. The molecule has 0 radical (unpaired) electrons. The Labute approximate surface area is 103 Å². The fraction of sp³-hybridized carbons (Fsp3) is 0.250. The highest BCUT2D eigenvalue weighted by atomic mass is 79.9. The number of nitrogen functional groups attached to an aromatic ring is 1. The summed E-state index contributed by atoms with van der Waals surface area (Å²) in [6.45, 7) is 4.22. The molecule has 0 aliphatic carbocycles. The van der Waals surface area contributed by atoms with Crippen LogP contribution in [-0.4, -0.2) is 9.78 Å². The highest BCUT2D eigenvalue weighted by Gasteiger charge is 2.12. The number of rotatable bonds is 2. The summed E-state index contributed by atoms with van der Waals surface area (Å²) in [6.07, 6.45) is 1.83. The van der Waals surface area contributed by atoms with Crippen LogP contribution in [0.1, 0.15) is 25.3 Å². The van der Waals surface area contributed by atoms with Crippen molar-refractivity contribution < 1.29 is 0 Å². The Morgan fingerprint density at radius 1 is 1.31 bits per heavy atom. The Hall–Kier alpha value is -1.29. The minimum atomic E-state index is 0.385. The summed E-state index contributed by atoms with van der Waals surface area (Å²) in [6, 6.07) is 7.90. The standard InChI is InChI=1S/C12H14BrN3/c1-8(2)9-7-15-16(12(9)14)11-6-4-3-5-10(11)13/h3-8H,14H2,1-2H3. The molecule has 0 amide bonds. The van der Waals surface area contributed by atoms with Crippen LogP contribution >= 0.6 is 15.9 Å². The fourth-order valence-corrected chi connectivity index (χ4v) is 2.08. The third-order valence-corrected chi connectivity index (χ3v) is 3.21. The average Bonchev–Trinajstić information content (AvgIpc) is 2.61. The molecule has 0 spiro atoms. The van der Waals surface area contributed by atoms with E-state index in [1.165, 1.54) is 0 Å². The van der Waals surface area contributed by atoms with E-state index in [-0.39, 0.29) is 0 Å². The van der Waals surface area contributed by atoms with Gasteiger partial charge >= 0.3 is 0 Å². The molecule has 2 N–H and O–H groups in total. The summed E-state index contributed by atoms with van der Waals surface area (Å²) >= 11 is 3.50. The number of halogens is 1. The van der Waals surface area contributed by atoms with Gasteiger partial charge < -0.3 is 5.73 Å². The van der Waals surface area contributed by atoms with Gasteiger partial charge in [-0.1, -0.05) is 26.0 Å². The second-order valence-electron chi connectivity index (χ2n) is 4.00. The maximum absolute atomic E-state index is 6.08. The molecule has 1 aromatic heterocycles. The van der Waals surface area contributed by atoms with Crippen molar-refractivity contribution in [2.45, 2.75) is 19.8 Å². The predicted octanol–water partition coefficient (Wildman–Crippen LogP) is 3.34. The molecule has 0 bridgehead atoms. The first-order chi connectivity index (χ1) is 7.61. The fourth-order valence-electron chi connectivity index (χ4n) is 1.63. The van der Waals surface area contributed by atoms with Crippen molar-refractivity contribution in [1.82, 2.24) is 9.78 Å². The van der Waals surface area contributed by atoms with Gasteiger partial charge in [0.25, 0.3) is 0 Å². The van der Waals surface area contributed by atoms with Gasteiger partial charge in [0.15, 0.2) is 0 Å². The molecule has 0 aliphatic heterocycles. The number of hydrogen-bond acceptors (Lipinski definition) is 2. The van der Waals surface area contributed by atoms with E-state index in [1.807, 2.05) is 30.5 Å². The van der Waals surface area contributed by atoms with Gasteiger partial charge in [-0.05, 0) is 34.0 Å². The quantitative estimate of drug-likeness (QED) is 0.916. The lowest BCUT2D eigenvalue weighted by Gasteiger charge is -2.08. The molecule has 4 heteroatoms. The van der Waals surface area contributed by atoms with Gasteiger partial charge in [0.2, 0.25) is 0 Å². The summed E-state index contributed by atoms with van der Waals surface area (Å²) in [5.41, 5.74) is 8.13. The molecule has 2 rings (SSSR count). The molecular weight excluding hydrogens is 266 g/mol. The van der Waals surface area contributed by atoms with Gasteiger partial charge in [0, 0.05) is 10.0 Å². The summed E-state index contributed by atoms with van der Waals surface area (Å²) in [5.74, 6) is 1.10. The molecule has 0 atom stereocenters. The molecule has 3 nitrogen and oxygen atoms in total. The lowest BCUT2D eigenvalue weighted by molar-refractivity contribution is 0.866. The molecule has 0 fully saturated rings. The van der Waals surface area contributed by atoms with E-state index in [4.69, 9.17) is 5.73 Å². The van der Waals surface area contributed by atoms with Crippen LogP contribution < -0.4 is 5.73 Å². The normalized spacial score (nSPS) is 11.0. The van der Waals surface area contributed by atoms with Crippen LogP contribution in [0.25, 0.3) is 5.69 Å². The van der Waals surface area contributed by atoms with Crippen LogP contribution in [-0.2, 0) is 0 Å². The number of benzene rings is 1. The lowest BCUT2D eigenvalue weighted by Crippen LogP contribution is -2.04. The van der Waals surface area contributed by atoms with Crippen molar-refractivity contribution in [3.05, 3.63) is 40.5 Å². The summed E-state index contributed by atoms with van der Waals surface area (Å²) < 4.78 is 2.75. The zero-order valence-electron chi connectivity index (χ0n) is 9.31. The van der Waals surface area contributed by atoms with Crippen LogP contribution in [0.4, 0.5) is 5.82 Å². The van der Waals surface area contributed by atoms with Crippen LogP contribution in [0.2, 0.25) is 0 Å². The Morgan fingerprint density at radius 3 is 2.56 bits per heavy atom. The van der Waals surface area contributed by atoms with Crippen LogP contribution in [0.5, 0.6) is 0 Å².